The van der Waals surface area contributed by atoms with Crippen LogP contribution in [0.25, 0.3) is 43.1 Å². The molecule has 30 heavy (non-hydrogen) atoms. The second kappa shape index (κ2) is 6.77. The van der Waals surface area contributed by atoms with Gasteiger partial charge in [0, 0.05) is 5.39 Å². The van der Waals surface area contributed by atoms with E-state index in [2.05, 4.69) is 33.7 Å². The third-order valence-electron chi connectivity index (χ3n) is 5.29. The second-order valence-corrected chi connectivity index (χ2v) is 6.79. The molecule has 0 atom stereocenters. The molecule has 6 heteroatoms. The van der Waals surface area contributed by atoms with Gasteiger partial charge in [0.25, 0.3) is 0 Å². The van der Waals surface area contributed by atoms with Crippen LogP contribution in [0.1, 0.15) is 0 Å². The highest BCUT2D eigenvalue weighted by atomic mass is 16.7. The summed E-state index contributed by atoms with van der Waals surface area (Å²) in [5.74, 6) is 0.459. The predicted molar refractivity (Wildman–Crippen MR) is 114 cm³/mol. The van der Waals surface area contributed by atoms with Crippen molar-refractivity contribution in [3.8, 4) is 11.5 Å². The Bertz CT molecular complexity index is 1350. The van der Waals surface area contributed by atoms with Crippen LogP contribution in [-0.4, -0.2) is 26.5 Å². The Balaban J connectivity index is 1.97. The molecule has 0 unspecified atom stereocenters. The van der Waals surface area contributed by atoms with E-state index in [0.717, 1.165) is 37.7 Å². The number of fused-ring (bicyclic) bond motifs is 2. The van der Waals surface area contributed by atoms with Crippen molar-refractivity contribution >= 4 is 55.4 Å². The highest BCUT2D eigenvalue weighted by Crippen LogP contribution is 2.46. The fraction of sp³-hybridized carbons (Fsp3) is 0.0833. The zero-order valence-electron chi connectivity index (χ0n) is 16.2. The largest absolute Gasteiger partial charge is 0.513 e. The van der Waals surface area contributed by atoms with Crippen molar-refractivity contribution in [1.29, 1.82) is 0 Å². The molecule has 0 aliphatic rings. The molecule has 5 aromatic carbocycles. The lowest BCUT2D eigenvalue weighted by Gasteiger charge is -2.17. The minimum absolute atomic E-state index is 0.230. The van der Waals surface area contributed by atoms with E-state index >= 15 is 0 Å². The second-order valence-electron chi connectivity index (χ2n) is 6.79. The molecule has 0 bridgehead atoms. The summed E-state index contributed by atoms with van der Waals surface area (Å²) in [5.41, 5.74) is 0. The fourth-order valence-corrected chi connectivity index (χ4v) is 4.11. The van der Waals surface area contributed by atoms with Crippen molar-refractivity contribution in [3.63, 3.8) is 0 Å². The van der Waals surface area contributed by atoms with E-state index in [1.54, 1.807) is 12.1 Å². The SMILES string of the molecule is COC(=O)Oc1ccc2c3cccc4cccc(c5ccc(OC(=O)OC)c1c25)c43. The maximum atomic E-state index is 11.8. The minimum Gasteiger partial charge on any atom is -0.437 e. The topological polar surface area (TPSA) is 71.1 Å². The molecule has 0 saturated carbocycles. The summed E-state index contributed by atoms with van der Waals surface area (Å²) in [4.78, 5) is 23.7. The van der Waals surface area contributed by atoms with Gasteiger partial charge in [0.15, 0.2) is 0 Å². The number of rotatable bonds is 2. The number of hydrogen-bond donors (Lipinski definition) is 0. The average molecular weight is 400 g/mol. The van der Waals surface area contributed by atoms with Gasteiger partial charge in [0.1, 0.15) is 11.5 Å². The molecular weight excluding hydrogens is 384 g/mol. The highest BCUT2D eigenvalue weighted by Gasteiger charge is 2.21. The number of methoxy groups -OCH3 is 2. The van der Waals surface area contributed by atoms with Crippen LogP contribution < -0.4 is 9.47 Å². The molecular formula is C24H16O6. The maximum absolute atomic E-state index is 11.8. The first-order chi connectivity index (χ1) is 14.6. The van der Waals surface area contributed by atoms with E-state index < -0.39 is 12.3 Å². The lowest BCUT2D eigenvalue weighted by molar-refractivity contribution is 0.121. The third-order valence-corrected chi connectivity index (χ3v) is 5.29. The summed E-state index contributed by atoms with van der Waals surface area (Å²) < 4.78 is 20.1. The van der Waals surface area contributed by atoms with Crippen LogP contribution in [0.4, 0.5) is 9.59 Å². The molecule has 5 aromatic rings. The van der Waals surface area contributed by atoms with Crippen LogP contribution in [0.15, 0.2) is 60.7 Å². The van der Waals surface area contributed by atoms with Gasteiger partial charge in [-0.15, -0.1) is 0 Å². The summed E-state index contributed by atoms with van der Waals surface area (Å²) >= 11 is 0. The zero-order valence-corrected chi connectivity index (χ0v) is 16.2. The lowest BCUT2D eigenvalue weighted by atomic mass is 9.89. The van der Waals surface area contributed by atoms with Crippen molar-refractivity contribution in [3.05, 3.63) is 60.7 Å². The quantitative estimate of drug-likeness (QED) is 0.156. The number of hydrogen-bond acceptors (Lipinski definition) is 6. The van der Waals surface area contributed by atoms with Crippen LogP contribution in [0.3, 0.4) is 0 Å². The molecule has 0 spiro atoms. The highest BCUT2D eigenvalue weighted by molar-refractivity contribution is 6.34. The van der Waals surface area contributed by atoms with E-state index in [-0.39, 0.29) is 11.5 Å². The molecule has 0 aliphatic carbocycles. The molecule has 0 N–H and O–H groups in total. The number of carbonyl (C=O) groups excluding carboxylic acids is 2. The Labute approximate surface area is 170 Å². The number of carbonyl (C=O) groups is 2. The number of ether oxygens (including phenoxy) is 4. The zero-order chi connectivity index (χ0) is 20.8. The molecule has 0 fully saturated rings. The normalized spacial score (nSPS) is 11.3. The fourth-order valence-electron chi connectivity index (χ4n) is 4.11. The van der Waals surface area contributed by atoms with Gasteiger partial charge in [0.2, 0.25) is 0 Å². The van der Waals surface area contributed by atoms with Crippen molar-refractivity contribution in [2.24, 2.45) is 0 Å². The van der Waals surface area contributed by atoms with Gasteiger partial charge in [-0.3, -0.25) is 0 Å². The summed E-state index contributed by atoms with van der Waals surface area (Å²) in [6, 6.07) is 19.4. The van der Waals surface area contributed by atoms with Crippen LogP contribution in [-0.2, 0) is 9.47 Å². The molecule has 6 nitrogen and oxygen atoms in total. The van der Waals surface area contributed by atoms with Gasteiger partial charge in [-0.2, -0.15) is 0 Å². The average Bonchev–Trinajstić information content (AvgIpc) is 2.78. The van der Waals surface area contributed by atoms with E-state index in [0.29, 0.717) is 5.39 Å². The molecule has 0 saturated heterocycles. The maximum Gasteiger partial charge on any atom is 0.513 e. The summed E-state index contributed by atoms with van der Waals surface area (Å²) in [6.07, 6.45) is -1.73. The molecule has 5 rings (SSSR count). The van der Waals surface area contributed by atoms with Crippen LogP contribution in [0.2, 0.25) is 0 Å². The van der Waals surface area contributed by atoms with Crippen LogP contribution in [0.5, 0.6) is 11.5 Å². The van der Waals surface area contributed by atoms with Crippen molar-refractivity contribution in [2.45, 2.75) is 0 Å². The summed E-state index contributed by atoms with van der Waals surface area (Å²) in [5, 5.41) is 7.62. The number of benzene rings is 5. The third kappa shape index (κ3) is 2.58. The van der Waals surface area contributed by atoms with Crippen molar-refractivity contribution in [2.75, 3.05) is 14.2 Å². The Morgan fingerprint density at radius 3 is 1.50 bits per heavy atom. The standard InChI is InChI=1S/C24H16O6/c1-27-23(25)29-18-11-9-16-14-7-3-5-13-6-4-8-15(20(13)14)17-10-12-19(22(18)21(16)17)30-24(26)28-2/h3-12H,1-2H3. The summed E-state index contributed by atoms with van der Waals surface area (Å²) in [7, 11) is 2.46. The predicted octanol–water partition coefficient (Wildman–Crippen LogP) is 6.03. The molecule has 0 aliphatic heterocycles. The lowest BCUT2D eigenvalue weighted by Crippen LogP contribution is -2.10. The van der Waals surface area contributed by atoms with Crippen LogP contribution in [0, 0.1) is 0 Å². The Morgan fingerprint density at radius 1 is 0.567 bits per heavy atom. The van der Waals surface area contributed by atoms with E-state index in [9.17, 15) is 9.59 Å². The minimum atomic E-state index is -0.863. The Kier molecular flexibility index (Phi) is 4.06. The van der Waals surface area contributed by atoms with Crippen LogP contribution >= 0.6 is 0 Å². The Morgan fingerprint density at radius 2 is 1.03 bits per heavy atom. The monoisotopic (exact) mass is 400 g/mol. The first-order valence-corrected chi connectivity index (χ1v) is 9.26. The van der Waals surface area contributed by atoms with E-state index in [1.165, 1.54) is 14.2 Å². The van der Waals surface area contributed by atoms with E-state index in [4.69, 9.17) is 9.47 Å². The van der Waals surface area contributed by atoms with Gasteiger partial charge in [-0.1, -0.05) is 36.4 Å². The van der Waals surface area contributed by atoms with Gasteiger partial charge in [-0.05, 0) is 56.6 Å². The smallest absolute Gasteiger partial charge is 0.437 e. The molecule has 148 valence electrons. The van der Waals surface area contributed by atoms with Gasteiger partial charge in [-0.25, -0.2) is 9.59 Å². The Hall–Kier alpha value is -4.06. The van der Waals surface area contributed by atoms with E-state index in [1.807, 2.05) is 24.3 Å². The molecule has 0 amide bonds. The van der Waals surface area contributed by atoms with Crippen molar-refractivity contribution < 1.29 is 28.5 Å². The van der Waals surface area contributed by atoms with Crippen molar-refractivity contribution in [1.82, 2.24) is 0 Å². The van der Waals surface area contributed by atoms with Gasteiger partial charge < -0.3 is 18.9 Å². The molecule has 0 radical (unpaired) electrons. The van der Waals surface area contributed by atoms with Gasteiger partial charge in [0.05, 0.1) is 19.6 Å². The summed E-state index contributed by atoms with van der Waals surface area (Å²) in [6.45, 7) is 0. The first kappa shape index (κ1) is 18.0. The van der Waals surface area contributed by atoms with Gasteiger partial charge >= 0.3 is 12.3 Å². The molecule has 0 heterocycles. The molecule has 0 aromatic heterocycles. The first-order valence-electron chi connectivity index (χ1n) is 9.26.